The van der Waals surface area contributed by atoms with E-state index in [2.05, 4.69) is 0 Å². The van der Waals surface area contributed by atoms with Crippen molar-refractivity contribution in [1.82, 2.24) is 0 Å². The van der Waals surface area contributed by atoms with Crippen molar-refractivity contribution in [1.29, 1.82) is 0 Å². The highest BCUT2D eigenvalue weighted by molar-refractivity contribution is 8.10. The fourth-order valence-corrected chi connectivity index (χ4v) is 1.55. The van der Waals surface area contributed by atoms with E-state index >= 15 is 0 Å². The average molecular weight is 238 g/mol. The molecular formula is C12H14O3S. The van der Waals surface area contributed by atoms with Crippen LogP contribution < -0.4 is 0 Å². The van der Waals surface area contributed by atoms with Gasteiger partial charge in [0.2, 0.25) is 0 Å². The van der Waals surface area contributed by atoms with Crippen molar-refractivity contribution in [2.45, 2.75) is 26.7 Å². The zero-order valence-electron chi connectivity index (χ0n) is 9.36. The van der Waals surface area contributed by atoms with Gasteiger partial charge in [0.05, 0.1) is 0 Å². The fraction of sp³-hybridized carbons (Fsp3) is 0.333. The Labute approximate surface area is 99.4 Å². The molecule has 3 nitrogen and oxygen atoms in total. The summed E-state index contributed by atoms with van der Waals surface area (Å²) < 4.78 is 4.76. The zero-order chi connectivity index (χ0) is 12.0. The summed E-state index contributed by atoms with van der Waals surface area (Å²) in [6.07, 6.45) is 1.06. The van der Waals surface area contributed by atoms with Crippen LogP contribution in [0.15, 0.2) is 24.3 Å². The number of carbonyl (C=O) groups excluding carboxylic acids is 2. The van der Waals surface area contributed by atoms with E-state index in [1.165, 1.54) is 0 Å². The van der Waals surface area contributed by atoms with Gasteiger partial charge in [-0.3, -0.25) is 9.59 Å². The SMILES string of the molecule is CCCC(=O)OSC(=O)c1ccc(C)cc1. The molecule has 0 aliphatic rings. The topological polar surface area (TPSA) is 43.4 Å². The summed E-state index contributed by atoms with van der Waals surface area (Å²) in [5, 5.41) is -0.246. The van der Waals surface area contributed by atoms with Gasteiger partial charge < -0.3 is 4.18 Å². The van der Waals surface area contributed by atoms with Crippen LogP contribution in [0.1, 0.15) is 35.7 Å². The lowest BCUT2D eigenvalue weighted by molar-refractivity contribution is -0.133. The predicted octanol–water partition coefficient (Wildman–Crippen LogP) is 3.13. The van der Waals surface area contributed by atoms with E-state index in [0.29, 0.717) is 24.0 Å². The summed E-state index contributed by atoms with van der Waals surface area (Å²) in [6, 6.07) is 7.14. The van der Waals surface area contributed by atoms with Crippen molar-refractivity contribution >= 4 is 23.1 Å². The van der Waals surface area contributed by atoms with Crippen molar-refractivity contribution in [3.05, 3.63) is 35.4 Å². The molecule has 0 N–H and O–H groups in total. The Hall–Kier alpha value is -1.29. The third kappa shape index (κ3) is 4.06. The Morgan fingerprint density at radius 1 is 1.25 bits per heavy atom. The summed E-state index contributed by atoms with van der Waals surface area (Å²) >= 11 is 0.595. The predicted molar refractivity (Wildman–Crippen MR) is 64.1 cm³/mol. The van der Waals surface area contributed by atoms with Crippen LogP contribution in [-0.2, 0) is 8.98 Å². The molecule has 0 radical (unpaired) electrons. The maximum Gasteiger partial charge on any atom is 0.318 e. The molecule has 0 unspecified atom stereocenters. The molecule has 16 heavy (non-hydrogen) atoms. The highest BCUT2D eigenvalue weighted by atomic mass is 32.2. The van der Waals surface area contributed by atoms with E-state index in [1.54, 1.807) is 12.1 Å². The molecule has 1 rings (SSSR count). The number of aryl methyl sites for hydroxylation is 1. The largest absolute Gasteiger partial charge is 0.383 e. The first-order valence-electron chi connectivity index (χ1n) is 5.12. The lowest BCUT2D eigenvalue weighted by atomic mass is 10.2. The number of hydrogen-bond acceptors (Lipinski definition) is 4. The number of rotatable bonds is 3. The van der Waals surface area contributed by atoms with Crippen LogP contribution >= 0.6 is 12.0 Å². The molecule has 0 saturated heterocycles. The maximum absolute atomic E-state index is 11.6. The Morgan fingerprint density at radius 2 is 1.88 bits per heavy atom. The number of benzene rings is 1. The monoisotopic (exact) mass is 238 g/mol. The fourth-order valence-electron chi connectivity index (χ4n) is 1.07. The molecule has 0 aliphatic carbocycles. The summed E-state index contributed by atoms with van der Waals surface area (Å²) in [7, 11) is 0. The second kappa shape index (κ2) is 6.33. The Balaban J connectivity index is 2.47. The van der Waals surface area contributed by atoms with Crippen LogP contribution in [0.4, 0.5) is 0 Å². The van der Waals surface area contributed by atoms with Crippen molar-refractivity contribution in [3.8, 4) is 0 Å². The average Bonchev–Trinajstić information content (AvgIpc) is 2.27. The molecule has 0 saturated carbocycles. The van der Waals surface area contributed by atoms with E-state index in [1.807, 2.05) is 26.0 Å². The van der Waals surface area contributed by atoms with Gasteiger partial charge in [0.15, 0.2) is 0 Å². The van der Waals surface area contributed by atoms with E-state index in [4.69, 9.17) is 4.18 Å². The quantitative estimate of drug-likeness (QED) is 0.759. The highest BCUT2D eigenvalue weighted by Gasteiger charge is 2.10. The summed E-state index contributed by atoms with van der Waals surface area (Å²) in [4.78, 5) is 22.6. The van der Waals surface area contributed by atoms with Gasteiger partial charge in [0, 0.05) is 12.0 Å². The maximum atomic E-state index is 11.6. The van der Waals surface area contributed by atoms with Crippen molar-refractivity contribution < 1.29 is 13.8 Å². The summed E-state index contributed by atoms with van der Waals surface area (Å²) in [5.74, 6) is -0.354. The molecule has 0 bridgehead atoms. The molecule has 86 valence electrons. The summed E-state index contributed by atoms with van der Waals surface area (Å²) in [5.41, 5.74) is 1.63. The lowest BCUT2D eigenvalue weighted by Crippen LogP contribution is -2.01. The molecule has 0 fully saturated rings. The first kappa shape index (κ1) is 12.8. The van der Waals surface area contributed by atoms with E-state index < -0.39 is 0 Å². The normalized spacial score (nSPS) is 9.88. The lowest BCUT2D eigenvalue weighted by Gasteiger charge is -2.01. The van der Waals surface area contributed by atoms with Crippen molar-refractivity contribution in [3.63, 3.8) is 0 Å². The van der Waals surface area contributed by atoms with Crippen LogP contribution in [0, 0.1) is 6.92 Å². The third-order valence-electron chi connectivity index (χ3n) is 1.95. The first-order valence-corrected chi connectivity index (χ1v) is 5.86. The molecular weight excluding hydrogens is 224 g/mol. The van der Waals surface area contributed by atoms with Crippen LogP contribution in [0.2, 0.25) is 0 Å². The van der Waals surface area contributed by atoms with E-state index in [0.717, 1.165) is 12.0 Å². The van der Waals surface area contributed by atoms with Gasteiger partial charge in [0.25, 0.3) is 5.12 Å². The molecule has 0 heterocycles. The van der Waals surface area contributed by atoms with Gasteiger partial charge in [-0.25, -0.2) is 0 Å². The van der Waals surface area contributed by atoms with E-state index in [-0.39, 0.29) is 11.1 Å². The minimum atomic E-state index is -0.354. The summed E-state index contributed by atoms with van der Waals surface area (Å²) in [6.45, 7) is 3.83. The first-order chi connectivity index (χ1) is 7.63. The Bertz CT molecular complexity index is 370. The highest BCUT2D eigenvalue weighted by Crippen LogP contribution is 2.15. The molecule has 4 heteroatoms. The minimum Gasteiger partial charge on any atom is -0.383 e. The van der Waals surface area contributed by atoms with Crippen LogP contribution in [-0.4, -0.2) is 11.1 Å². The van der Waals surface area contributed by atoms with Crippen LogP contribution in [0.25, 0.3) is 0 Å². The molecule has 0 aromatic heterocycles. The molecule has 0 atom stereocenters. The standard InChI is InChI=1S/C12H14O3S/c1-3-4-11(13)15-16-12(14)10-7-5-9(2)6-8-10/h5-8H,3-4H2,1-2H3. The zero-order valence-corrected chi connectivity index (χ0v) is 10.2. The second-order valence-corrected chi connectivity index (χ2v) is 4.15. The molecule has 0 amide bonds. The van der Waals surface area contributed by atoms with E-state index in [9.17, 15) is 9.59 Å². The molecule has 0 spiro atoms. The molecule has 0 aliphatic heterocycles. The number of carbonyl (C=O) groups is 2. The molecule has 1 aromatic rings. The molecule has 1 aromatic carbocycles. The third-order valence-corrected chi connectivity index (χ3v) is 2.61. The minimum absolute atomic E-state index is 0.246. The number of hydrogen-bond donors (Lipinski definition) is 0. The smallest absolute Gasteiger partial charge is 0.318 e. The van der Waals surface area contributed by atoms with Crippen molar-refractivity contribution in [2.75, 3.05) is 0 Å². The second-order valence-electron chi connectivity index (χ2n) is 3.44. The van der Waals surface area contributed by atoms with Gasteiger partial charge in [-0.1, -0.05) is 36.8 Å². The van der Waals surface area contributed by atoms with Crippen LogP contribution in [0.5, 0.6) is 0 Å². The van der Waals surface area contributed by atoms with Crippen molar-refractivity contribution in [2.24, 2.45) is 0 Å². The van der Waals surface area contributed by atoms with Crippen LogP contribution in [0.3, 0.4) is 0 Å². The Morgan fingerprint density at radius 3 is 2.44 bits per heavy atom. The van der Waals surface area contributed by atoms with Gasteiger partial charge in [-0.2, -0.15) is 0 Å². The van der Waals surface area contributed by atoms with Gasteiger partial charge >= 0.3 is 5.97 Å². The van der Waals surface area contributed by atoms with Gasteiger partial charge in [-0.05, 0) is 13.3 Å². The van der Waals surface area contributed by atoms with Gasteiger partial charge in [-0.15, -0.1) is 0 Å². The van der Waals surface area contributed by atoms with Gasteiger partial charge in [0.1, 0.15) is 12.0 Å². The Kier molecular flexibility index (Phi) is 5.05.